The largest absolute Gasteiger partial charge is 0.480 e. The molecule has 1 aromatic rings. The van der Waals surface area contributed by atoms with Crippen LogP contribution in [0.1, 0.15) is 18.2 Å². The molecule has 0 spiro atoms. The molecule has 0 saturated heterocycles. The standard InChI is InChI=1S/C10H11N3O4S/c1-6-8(4-11)3-9(5-12-6)18(16,17)13-7(2)10(14)15/h3,5,7,13H,1-2H3,(H,14,15)/t7-/m1/s1. The summed E-state index contributed by atoms with van der Waals surface area (Å²) in [5, 5.41) is 17.4. The number of sulfonamides is 1. The zero-order valence-corrected chi connectivity index (χ0v) is 10.5. The van der Waals surface area contributed by atoms with Crippen molar-refractivity contribution in [1.29, 1.82) is 5.26 Å². The molecule has 96 valence electrons. The molecule has 0 radical (unpaired) electrons. The number of pyridine rings is 1. The molecule has 2 N–H and O–H groups in total. The van der Waals surface area contributed by atoms with Gasteiger partial charge in [-0.1, -0.05) is 0 Å². The Bertz CT molecular complexity index is 619. The number of hydrogen-bond acceptors (Lipinski definition) is 5. The van der Waals surface area contributed by atoms with Crippen molar-refractivity contribution in [3.63, 3.8) is 0 Å². The molecule has 1 heterocycles. The highest BCUT2D eigenvalue weighted by Gasteiger charge is 2.22. The second-order valence-corrected chi connectivity index (χ2v) is 5.31. The average Bonchev–Trinajstić information content (AvgIpc) is 2.28. The van der Waals surface area contributed by atoms with E-state index in [1.807, 2.05) is 10.8 Å². The van der Waals surface area contributed by atoms with Crippen LogP contribution in [-0.2, 0) is 14.8 Å². The van der Waals surface area contributed by atoms with Crippen molar-refractivity contribution < 1.29 is 18.3 Å². The SMILES string of the molecule is Cc1ncc(S(=O)(=O)N[C@H](C)C(=O)O)cc1C#N. The second-order valence-electron chi connectivity index (χ2n) is 3.60. The molecular formula is C10H11N3O4S. The molecule has 0 aliphatic carbocycles. The number of hydrogen-bond donors (Lipinski definition) is 2. The maximum atomic E-state index is 11.8. The third-order valence-electron chi connectivity index (χ3n) is 2.19. The first-order valence-electron chi connectivity index (χ1n) is 4.90. The number of nitrogens with one attached hydrogen (secondary N) is 1. The number of rotatable bonds is 4. The first kappa shape index (κ1) is 14.1. The molecule has 0 bridgehead atoms. The summed E-state index contributed by atoms with van der Waals surface area (Å²) in [4.78, 5) is 14.1. The Balaban J connectivity index is 3.14. The number of carboxylic acids is 1. The summed E-state index contributed by atoms with van der Waals surface area (Å²) in [6.07, 6.45) is 1.08. The predicted octanol–water partition coefficient (Wildman–Crippen LogP) is 0.0131. The van der Waals surface area contributed by atoms with Gasteiger partial charge in [-0.05, 0) is 19.9 Å². The van der Waals surface area contributed by atoms with Gasteiger partial charge < -0.3 is 5.11 Å². The average molecular weight is 269 g/mol. The summed E-state index contributed by atoms with van der Waals surface area (Å²) in [6, 6.07) is 1.70. The van der Waals surface area contributed by atoms with Gasteiger partial charge in [0.05, 0.1) is 11.3 Å². The van der Waals surface area contributed by atoms with E-state index in [0.29, 0.717) is 5.69 Å². The predicted molar refractivity (Wildman–Crippen MR) is 61.1 cm³/mol. The number of aryl methyl sites for hydroxylation is 1. The first-order valence-corrected chi connectivity index (χ1v) is 6.38. The van der Waals surface area contributed by atoms with Crippen molar-refractivity contribution in [1.82, 2.24) is 9.71 Å². The van der Waals surface area contributed by atoms with Crippen LogP contribution < -0.4 is 4.72 Å². The lowest BCUT2D eigenvalue weighted by molar-refractivity contribution is -0.138. The molecule has 0 aromatic carbocycles. The van der Waals surface area contributed by atoms with Crippen molar-refractivity contribution in [2.24, 2.45) is 0 Å². The van der Waals surface area contributed by atoms with Crippen LogP contribution in [0.15, 0.2) is 17.2 Å². The molecule has 1 aromatic heterocycles. The molecule has 0 aliphatic rings. The van der Waals surface area contributed by atoms with E-state index in [0.717, 1.165) is 12.3 Å². The normalized spacial score (nSPS) is 12.7. The van der Waals surface area contributed by atoms with Crippen LogP contribution in [0.2, 0.25) is 0 Å². The molecule has 1 rings (SSSR count). The lowest BCUT2D eigenvalue weighted by atomic mass is 10.2. The van der Waals surface area contributed by atoms with Gasteiger partial charge in [0.2, 0.25) is 10.0 Å². The quantitative estimate of drug-likeness (QED) is 0.794. The zero-order chi connectivity index (χ0) is 13.9. The minimum Gasteiger partial charge on any atom is -0.480 e. The monoisotopic (exact) mass is 269 g/mol. The van der Waals surface area contributed by atoms with E-state index < -0.39 is 22.0 Å². The smallest absolute Gasteiger partial charge is 0.321 e. The van der Waals surface area contributed by atoms with Crippen LogP contribution >= 0.6 is 0 Å². The molecule has 0 saturated carbocycles. The van der Waals surface area contributed by atoms with E-state index in [9.17, 15) is 13.2 Å². The Hall–Kier alpha value is -1.98. The van der Waals surface area contributed by atoms with Gasteiger partial charge in [0, 0.05) is 6.20 Å². The minimum atomic E-state index is -4.00. The number of carboxylic acid groups (broad SMARTS) is 1. The van der Waals surface area contributed by atoms with E-state index in [2.05, 4.69) is 4.98 Å². The molecular weight excluding hydrogens is 258 g/mol. The van der Waals surface area contributed by atoms with Crippen molar-refractivity contribution in [3.8, 4) is 6.07 Å². The molecule has 18 heavy (non-hydrogen) atoms. The molecule has 0 unspecified atom stereocenters. The van der Waals surface area contributed by atoms with Gasteiger partial charge in [0.25, 0.3) is 0 Å². The number of nitriles is 1. The zero-order valence-electron chi connectivity index (χ0n) is 9.71. The first-order chi connectivity index (χ1) is 8.27. The van der Waals surface area contributed by atoms with E-state index in [-0.39, 0.29) is 10.5 Å². The highest BCUT2D eigenvalue weighted by molar-refractivity contribution is 7.89. The van der Waals surface area contributed by atoms with Gasteiger partial charge >= 0.3 is 5.97 Å². The van der Waals surface area contributed by atoms with Crippen molar-refractivity contribution >= 4 is 16.0 Å². The number of nitrogens with zero attached hydrogens (tertiary/aromatic N) is 2. The molecule has 0 fully saturated rings. The van der Waals surface area contributed by atoms with Gasteiger partial charge in [-0.3, -0.25) is 9.78 Å². The van der Waals surface area contributed by atoms with Gasteiger partial charge in [-0.2, -0.15) is 9.98 Å². The third-order valence-corrected chi connectivity index (χ3v) is 3.70. The maximum absolute atomic E-state index is 11.8. The van der Waals surface area contributed by atoms with Crippen molar-refractivity contribution in [2.45, 2.75) is 24.8 Å². The van der Waals surface area contributed by atoms with E-state index in [1.165, 1.54) is 6.92 Å². The van der Waals surface area contributed by atoms with Crippen LogP contribution in [0.5, 0.6) is 0 Å². The van der Waals surface area contributed by atoms with E-state index in [4.69, 9.17) is 10.4 Å². The van der Waals surface area contributed by atoms with Gasteiger partial charge in [0.1, 0.15) is 17.0 Å². The third kappa shape index (κ3) is 3.03. The Morgan fingerprint density at radius 2 is 2.22 bits per heavy atom. The van der Waals surface area contributed by atoms with Crippen molar-refractivity contribution in [2.75, 3.05) is 0 Å². The molecule has 8 heteroatoms. The molecule has 1 atom stereocenters. The summed E-state index contributed by atoms with van der Waals surface area (Å²) in [5.41, 5.74) is 0.531. The fourth-order valence-corrected chi connectivity index (χ4v) is 2.29. The lowest BCUT2D eigenvalue weighted by Crippen LogP contribution is -2.38. The van der Waals surface area contributed by atoms with Crippen molar-refractivity contribution in [3.05, 3.63) is 23.5 Å². The second kappa shape index (κ2) is 5.12. The Morgan fingerprint density at radius 3 is 2.72 bits per heavy atom. The topological polar surface area (TPSA) is 120 Å². The number of carbonyl (C=O) groups is 1. The number of aliphatic carboxylic acids is 1. The summed E-state index contributed by atoms with van der Waals surface area (Å²) in [7, 11) is -4.00. The van der Waals surface area contributed by atoms with Crippen LogP contribution in [0, 0.1) is 18.3 Å². The Kier molecular flexibility index (Phi) is 4.00. The van der Waals surface area contributed by atoms with E-state index >= 15 is 0 Å². The van der Waals surface area contributed by atoms with Crippen LogP contribution in [0.25, 0.3) is 0 Å². The Labute approximate surface area is 104 Å². The number of aromatic nitrogens is 1. The lowest BCUT2D eigenvalue weighted by Gasteiger charge is -2.10. The fraction of sp³-hybridized carbons (Fsp3) is 0.300. The molecule has 7 nitrogen and oxygen atoms in total. The molecule has 0 amide bonds. The van der Waals surface area contributed by atoms with Crippen LogP contribution in [0.4, 0.5) is 0 Å². The highest BCUT2D eigenvalue weighted by atomic mass is 32.2. The van der Waals surface area contributed by atoms with Crippen LogP contribution in [0.3, 0.4) is 0 Å². The van der Waals surface area contributed by atoms with Crippen LogP contribution in [-0.4, -0.2) is 30.5 Å². The minimum absolute atomic E-state index is 0.126. The summed E-state index contributed by atoms with van der Waals surface area (Å²) < 4.78 is 25.6. The van der Waals surface area contributed by atoms with Gasteiger partial charge in [0.15, 0.2) is 0 Å². The summed E-state index contributed by atoms with van der Waals surface area (Å²) in [5.74, 6) is -1.29. The summed E-state index contributed by atoms with van der Waals surface area (Å²) >= 11 is 0. The van der Waals surface area contributed by atoms with Gasteiger partial charge in [-0.25, -0.2) is 8.42 Å². The molecule has 0 aliphatic heterocycles. The fourth-order valence-electron chi connectivity index (χ4n) is 1.13. The van der Waals surface area contributed by atoms with Gasteiger partial charge in [-0.15, -0.1) is 0 Å². The highest BCUT2D eigenvalue weighted by Crippen LogP contribution is 2.12. The van der Waals surface area contributed by atoms with E-state index in [1.54, 1.807) is 6.92 Å². The Morgan fingerprint density at radius 1 is 1.61 bits per heavy atom. The summed E-state index contributed by atoms with van der Waals surface area (Å²) in [6.45, 7) is 2.77. The maximum Gasteiger partial charge on any atom is 0.321 e.